The van der Waals surface area contributed by atoms with Gasteiger partial charge in [-0.25, -0.2) is 4.79 Å². The van der Waals surface area contributed by atoms with Crippen molar-refractivity contribution in [2.75, 3.05) is 26.7 Å². The van der Waals surface area contributed by atoms with Gasteiger partial charge in [-0.3, -0.25) is 9.69 Å². The molecule has 5 rings (SSSR count). The van der Waals surface area contributed by atoms with Crippen molar-refractivity contribution in [3.8, 4) is 11.1 Å². The molecule has 0 unspecified atom stereocenters. The zero-order valence-corrected chi connectivity index (χ0v) is 24.7. The van der Waals surface area contributed by atoms with Crippen LogP contribution in [0.5, 0.6) is 0 Å². The highest BCUT2D eigenvalue weighted by Crippen LogP contribution is 2.38. The van der Waals surface area contributed by atoms with E-state index in [2.05, 4.69) is 30.0 Å². The number of benzene rings is 3. The zero-order chi connectivity index (χ0) is 30.0. The molecule has 0 spiro atoms. The van der Waals surface area contributed by atoms with Crippen molar-refractivity contribution in [2.24, 2.45) is 13.0 Å². The fourth-order valence-electron chi connectivity index (χ4n) is 6.01. The number of amides is 1. The normalized spacial score (nSPS) is 18.4. The standard InChI is InChI=1S/C34H39N3O5/c1-22-17-37(23(2)20-38)33(39)32-31(28-14-7-8-15-29(28)36(32)4)27-13-6-5-11-26(27)21-42-30(22)19-35(3)18-24-10-9-12-25(16-24)34(40)41/h5-16,22-23,30,38H,17-21H2,1-4H3,(H,40,41)/t22-,23-,30+/m0/s1. The lowest BCUT2D eigenvalue weighted by Gasteiger charge is -2.35. The molecule has 3 atom stereocenters. The SMILES string of the molecule is C[C@H]1CN([C@@H](C)CO)C(=O)c2c(c3ccccc3n2C)-c2ccccc2CO[C@@H]1CN(C)Cc1cccc(C(=O)O)c1. The molecule has 2 N–H and O–H groups in total. The van der Waals surface area contributed by atoms with Crippen molar-refractivity contribution in [1.29, 1.82) is 0 Å². The first-order valence-electron chi connectivity index (χ1n) is 14.4. The molecule has 0 radical (unpaired) electrons. The summed E-state index contributed by atoms with van der Waals surface area (Å²) >= 11 is 0. The fraction of sp³-hybridized carbons (Fsp3) is 0.353. The second-order valence-electron chi connectivity index (χ2n) is 11.5. The highest BCUT2D eigenvalue weighted by Gasteiger charge is 2.33. The summed E-state index contributed by atoms with van der Waals surface area (Å²) in [6.45, 7) is 5.71. The van der Waals surface area contributed by atoms with Crippen LogP contribution in [0.25, 0.3) is 22.0 Å². The molecule has 42 heavy (non-hydrogen) atoms. The molecule has 0 bridgehead atoms. The summed E-state index contributed by atoms with van der Waals surface area (Å²) in [5, 5.41) is 20.6. The van der Waals surface area contributed by atoms with Crippen LogP contribution >= 0.6 is 0 Å². The molecule has 3 aromatic carbocycles. The lowest BCUT2D eigenvalue weighted by atomic mass is 9.96. The van der Waals surface area contributed by atoms with Crippen molar-refractivity contribution in [2.45, 2.75) is 39.1 Å². The average molecular weight is 570 g/mol. The smallest absolute Gasteiger partial charge is 0.335 e. The summed E-state index contributed by atoms with van der Waals surface area (Å²) < 4.78 is 8.64. The molecular weight excluding hydrogens is 530 g/mol. The number of rotatable bonds is 7. The number of carbonyl (C=O) groups is 2. The summed E-state index contributed by atoms with van der Waals surface area (Å²) in [5.74, 6) is -1.12. The number of hydrogen-bond acceptors (Lipinski definition) is 5. The number of aromatic nitrogens is 1. The molecule has 8 nitrogen and oxygen atoms in total. The maximum absolute atomic E-state index is 14.5. The lowest BCUT2D eigenvalue weighted by molar-refractivity contribution is -0.0242. The molecule has 0 saturated carbocycles. The summed E-state index contributed by atoms with van der Waals surface area (Å²) in [6, 6.07) is 22.7. The maximum atomic E-state index is 14.5. The Bertz CT molecular complexity index is 1600. The highest BCUT2D eigenvalue weighted by molar-refractivity contribution is 6.10. The van der Waals surface area contributed by atoms with E-state index in [0.717, 1.165) is 33.2 Å². The number of ether oxygens (including phenoxy) is 1. The van der Waals surface area contributed by atoms with E-state index in [1.54, 1.807) is 23.1 Å². The molecule has 4 aromatic rings. The van der Waals surface area contributed by atoms with E-state index >= 15 is 0 Å². The number of aryl methyl sites for hydroxylation is 1. The van der Waals surface area contributed by atoms with Crippen LogP contribution in [0.15, 0.2) is 72.8 Å². The minimum atomic E-state index is -0.949. The van der Waals surface area contributed by atoms with Crippen molar-refractivity contribution in [1.82, 2.24) is 14.4 Å². The zero-order valence-electron chi connectivity index (χ0n) is 24.7. The van der Waals surface area contributed by atoms with Crippen LogP contribution in [0.1, 0.15) is 45.8 Å². The number of carboxylic acids is 1. The van der Waals surface area contributed by atoms with Gasteiger partial charge in [0.15, 0.2) is 0 Å². The third-order valence-corrected chi connectivity index (χ3v) is 8.34. The van der Waals surface area contributed by atoms with Gasteiger partial charge in [-0.05, 0) is 48.9 Å². The van der Waals surface area contributed by atoms with Crippen LogP contribution in [0.2, 0.25) is 0 Å². The van der Waals surface area contributed by atoms with E-state index in [4.69, 9.17) is 4.74 Å². The molecule has 220 valence electrons. The van der Waals surface area contributed by atoms with Crippen LogP contribution in [-0.4, -0.2) is 75.3 Å². The number of nitrogens with zero attached hydrogens (tertiary/aromatic N) is 3. The number of carbonyl (C=O) groups excluding carboxylic acids is 1. The Morgan fingerprint density at radius 3 is 2.60 bits per heavy atom. The van der Waals surface area contributed by atoms with E-state index < -0.39 is 5.97 Å². The minimum Gasteiger partial charge on any atom is -0.478 e. The van der Waals surface area contributed by atoms with Gasteiger partial charge in [-0.2, -0.15) is 0 Å². The van der Waals surface area contributed by atoms with E-state index in [-0.39, 0.29) is 36.1 Å². The van der Waals surface area contributed by atoms with Crippen molar-refractivity contribution >= 4 is 22.8 Å². The third-order valence-electron chi connectivity index (χ3n) is 8.34. The topological polar surface area (TPSA) is 95.2 Å². The van der Waals surface area contributed by atoms with Gasteiger partial charge >= 0.3 is 5.97 Å². The Morgan fingerprint density at radius 1 is 1.10 bits per heavy atom. The number of aliphatic hydroxyl groups is 1. The van der Waals surface area contributed by atoms with Crippen LogP contribution in [0, 0.1) is 5.92 Å². The minimum absolute atomic E-state index is 0.0563. The van der Waals surface area contributed by atoms with Gasteiger partial charge in [0.2, 0.25) is 0 Å². The van der Waals surface area contributed by atoms with Crippen molar-refractivity contribution in [3.05, 3.63) is 95.2 Å². The number of aliphatic hydroxyl groups excluding tert-OH is 1. The first-order valence-corrected chi connectivity index (χ1v) is 14.4. The molecule has 0 saturated heterocycles. The number of para-hydroxylation sites is 1. The Labute approximate surface area is 246 Å². The highest BCUT2D eigenvalue weighted by atomic mass is 16.5. The Kier molecular flexibility index (Phi) is 8.77. The van der Waals surface area contributed by atoms with Crippen LogP contribution in [-0.2, 0) is 24.9 Å². The van der Waals surface area contributed by atoms with Gasteiger partial charge in [0.1, 0.15) is 5.69 Å². The molecule has 2 heterocycles. The van der Waals surface area contributed by atoms with Gasteiger partial charge in [-0.15, -0.1) is 0 Å². The van der Waals surface area contributed by atoms with Crippen molar-refractivity contribution in [3.63, 3.8) is 0 Å². The van der Waals surface area contributed by atoms with Crippen LogP contribution in [0.3, 0.4) is 0 Å². The third kappa shape index (κ3) is 5.83. The van der Waals surface area contributed by atoms with Gasteiger partial charge in [0.05, 0.1) is 30.9 Å². The fourth-order valence-corrected chi connectivity index (χ4v) is 6.01. The molecule has 1 aliphatic rings. The number of fused-ring (bicyclic) bond motifs is 5. The summed E-state index contributed by atoms with van der Waals surface area (Å²) in [7, 11) is 3.92. The largest absolute Gasteiger partial charge is 0.478 e. The summed E-state index contributed by atoms with van der Waals surface area (Å²) in [4.78, 5) is 29.8. The molecule has 1 aromatic heterocycles. The second kappa shape index (κ2) is 12.5. The predicted octanol–water partition coefficient (Wildman–Crippen LogP) is 5.03. The van der Waals surface area contributed by atoms with E-state index in [1.165, 1.54) is 0 Å². The van der Waals surface area contributed by atoms with Gasteiger partial charge in [0.25, 0.3) is 5.91 Å². The average Bonchev–Trinajstić information content (AvgIpc) is 3.28. The Hall–Kier alpha value is -3.98. The van der Waals surface area contributed by atoms with Gasteiger partial charge in [-0.1, -0.05) is 61.5 Å². The molecule has 0 fully saturated rings. The number of carboxylic acid groups (broad SMARTS) is 1. The molecule has 8 heteroatoms. The first kappa shape index (κ1) is 29.5. The second-order valence-corrected chi connectivity index (χ2v) is 11.5. The molecule has 0 aliphatic carbocycles. The van der Waals surface area contributed by atoms with Crippen molar-refractivity contribution < 1.29 is 24.5 Å². The monoisotopic (exact) mass is 569 g/mol. The summed E-state index contributed by atoms with van der Waals surface area (Å²) in [5.41, 5.74) is 5.58. The molecule has 1 amide bonds. The van der Waals surface area contributed by atoms with E-state index in [9.17, 15) is 19.8 Å². The Morgan fingerprint density at radius 2 is 1.83 bits per heavy atom. The van der Waals surface area contributed by atoms with Crippen LogP contribution in [0.4, 0.5) is 0 Å². The number of aromatic carboxylic acids is 1. The lowest BCUT2D eigenvalue weighted by Crippen LogP contribution is -2.47. The number of likely N-dealkylation sites (N-methyl/N-ethyl adjacent to an activating group) is 1. The van der Waals surface area contributed by atoms with Gasteiger partial charge in [0, 0.05) is 49.1 Å². The number of hydrogen-bond donors (Lipinski definition) is 2. The molecular formula is C34H39N3O5. The quantitative estimate of drug-likeness (QED) is 0.324. The first-order chi connectivity index (χ1) is 20.2. The molecule has 1 aliphatic heterocycles. The van der Waals surface area contributed by atoms with Crippen LogP contribution < -0.4 is 0 Å². The Balaban J connectivity index is 1.54. The summed E-state index contributed by atoms with van der Waals surface area (Å²) in [6.07, 6.45) is -0.232. The van der Waals surface area contributed by atoms with E-state index in [1.807, 2.05) is 62.0 Å². The predicted molar refractivity (Wildman–Crippen MR) is 163 cm³/mol. The van der Waals surface area contributed by atoms with E-state index in [0.29, 0.717) is 31.9 Å². The van der Waals surface area contributed by atoms with Gasteiger partial charge < -0.3 is 24.4 Å². The maximum Gasteiger partial charge on any atom is 0.335 e.